The Kier molecular flexibility index (Phi) is 3.36. The van der Waals surface area contributed by atoms with Crippen LogP contribution in [0.5, 0.6) is 0 Å². The Morgan fingerprint density at radius 2 is 2.07 bits per heavy atom. The summed E-state index contributed by atoms with van der Waals surface area (Å²) in [5, 5.41) is 9.25. The van der Waals surface area contributed by atoms with E-state index in [1.807, 2.05) is 0 Å². The molecule has 0 fully saturated rings. The molecule has 0 heterocycles. The summed E-state index contributed by atoms with van der Waals surface area (Å²) < 4.78 is 39.2. The van der Waals surface area contributed by atoms with Crippen LogP contribution in [0.3, 0.4) is 0 Å². The second-order valence-corrected chi connectivity index (χ2v) is 3.39. The molecule has 84 valence electrons. The quantitative estimate of drug-likeness (QED) is 0.813. The van der Waals surface area contributed by atoms with Crippen molar-refractivity contribution in [1.82, 2.24) is 0 Å². The highest BCUT2D eigenvalue weighted by Gasteiger charge is 2.39. The SMILES string of the molecule is Cc1ccc(C(O)C(F)(F)CN)c(F)c1. The molecule has 0 aromatic heterocycles. The highest BCUT2D eigenvalue weighted by atomic mass is 19.3. The van der Waals surface area contributed by atoms with E-state index in [0.29, 0.717) is 5.56 Å². The average molecular weight is 219 g/mol. The number of halogens is 3. The summed E-state index contributed by atoms with van der Waals surface area (Å²) in [6.45, 7) is 0.599. The van der Waals surface area contributed by atoms with Crippen molar-refractivity contribution in [3.8, 4) is 0 Å². The molecule has 15 heavy (non-hydrogen) atoms. The maximum Gasteiger partial charge on any atom is 0.289 e. The first-order valence-electron chi connectivity index (χ1n) is 4.40. The Hall–Kier alpha value is -1.07. The minimum Gasteiger partial charge on any atom is -0.382 e. The molecule has 0 aliphatic carbocycles. The summed E-state index contributed by atoms with van der Waals surface area (Å²) in [7, 11) is 0. The van der Waals surface area contributed by atoms with E-state index in [9.17, 15) is 18.3 Å². The zero-order valence-corrected chi connectivity index (χ0v) is 8.17. The first-order valence-corrected chi connectivity index (χ1v) is 4.40. The normalized spacial score (nSPS) is 14.0. The number of aryl methyl sites for hydroxylation is 1. The number of aliphatic hydroxyl groups is 1. The zero-order chi connectivity index (χ0) is 11.6. The lowest BCUT2D eigenvalue weighted by Gasteiger charge is -2.21. The van der Waals surface area contributed by atoms with Crippen LogP contribution in [0.4, 0.5) is 13.2 Å². The number of alkyl halides is 2. The van der Waals surface area contributed by atoms with E-state index >= 15 is 0 Å². The summed E-state index contributed by atoms with van der Waals surface area (Å²) in [4.78, 5) is 0. The Morgan fingerprint density at radius 3 is 2.53 bits per heavy atom. The van der Waals surface area contributed by atoms with Gasteiger partial charge in [-0.3, -0.25) is 0 Å². The predicted octanol–water partition coefficient (Wildman–Crippen LogP) is 1.76. The second-order valence-electron chi connectivity index (χ2n) is 3.39. The summed E-state index contributed by atoms with van der Waals surface area (Å²) in [5.41, 5.74) is 4.95. The van der Waals surface area contributed by atoms with Crippen molar-refractivity contribution in [1.29, 1.82) is 0 Å². The number of rotatable bonds is 3. The van der Waals surface area contributed by atoms with Gasteiger partial charge in [-0.25, -0.2) is 13.2 Å². The van der Waals surface area contributed by atoms with E-state index in [0.717, 1.165) is 12.1 Å². The fourth-order valence-electron chi connectivity index (χ4n) is 1.19. The summed E-state index contributed by atoms with van der Waals surface area (Å²) in [5.74, 6) is -4.37. The molecule has 0 saturated carbocycles. The van der Waals surface area contributed by atoms with Crippen molar-refractivity contribution in [2.24, 2.45) is 5.73 Å². The van der Waals surface area contributed by atoms with E-state index in [1.54, 1.807) is 6.92 Å². The number of aliphatic hydroxyl groups excluding tert-OH is 1. The Labute approximate surface area is 85.5 Å². The van der Waals surface area contributed by atoms with Crippen molar-refractivity contribution in [3.05, 3.63) is 35.1 Å². The summed E-state index contributed by atoms with van der Waals surface area (Å²) in [6.07, 6.45) is -2.21. The lowest BCUT2D eigenvalue weighted by Crippen LogP contribution is -2.35. The summed E-state index contributed by atoms with van der Waals surface area (Å²) in [6, 6.07) is 3.68. The van der Waals surface area contributed by atoms with Gasteiger partial charge in [-0.05, 0) is 18.6 Å². The molecule has 1 aromatic rings. The molecule has 0 bridgehead atoms. The molecule has 5 heteroatoms. The van der Waals surface area contributed by atoms with Gasteiger partial charge < -0.3 is 10.8 Å². The van der Waals surface area contributed by atoms with E-state index in [-0.39, 0.29) is 0 Å². The van der Waals surface area contributed by atoms with Gasteiger partial charge in [0.15, 0.2) is 0 Å². The van der Waals surface area contributed by atoms with E-state index < -0.39 is 30.0 Å². The van der Waals surface area contributed by atoms with Gasteiger partial charge in [-0.1, -0.05) is 12.1 Å². The van der Waals surface area contributed by atoms with Crippen molar-refractivity contribution >= 4 is 0 Å². The first-order chi connectivity index (χ1) is 6.88. The van der Waals surface area contributed by atoms with E-state index in [4.69, 9.17) is 5.73 Å². The highest BCUT2D eigenvalue weighted by molar-refractivity contribution is 5.26. The molecule has 0 saturated heterocycles. The summed E-state index contributed by atoms with van der Waals surface area (Å²) >= 11 is 0. The van der Waals surface area contributed by atoms with Crippen LogP contribution in [0.25, 0.3) is 0 Å². The number of hydrogen-bond donors (Lipinski definition) is 2. The fourth-order valence-corrected chi connectivity index (χ4v) is 1.19. The van der Waals surface area contributed by atoms with Gasteiger partial charge in [-0.2, -0.15) is 0 Å². The molecule has 1 rings (SSSR count). The second kappa shape index (κ2) is 4.20. The Morgan fingerprint density at radius 1 is 1.47 bits per heavy atom. The van der Waals surface area contributed by atoms with E-state index in [1.165, 1.54) is 6.07 Å². The van der Waals surface area contributed by atoms with Gasteiger partial charge in [0.05, 0.1) is 6.54 Å². The molecule has 2 nitrogen and oxygen atoms in total. The first kappa shape index (κ1) is 12.0. The molecule has 0 aliphatic heterocycles. The number of benzene rings is 1. The molecule has 1 atom stereocenters. The van der Waals surface area contributed by atoms with Gasteiger partial charge >= 0.3 is 0 Å². The average Bonchev–Trinajstić information content (AvgIpc) is 2.17. The van der Waals surface area contributed by atoms with Crippen LogP contribution in [0, 0.1) is 12.7 Å². The van der Waals surface area contributed by atoms with Gasteiger partial charge in [0, 0.05) is 5.56 Å². The standard InChI is InChI=1S/C10H12F3NO/c1-6-2-3-7(8(11)4-6)9(15)10(12,13)5-14/h2-4,9,15H,5,14H2,1H3. The minimum atomic E-state index is -3.52. The van der Waals surface area contributed by atoms with Gasteiger partial charge in [0.2, 0.25) is 0 Å². The third-order valence-corrected chi connectivity index (χ3v) is 2.12. The lowest BCUT2D eigenvalue weighted by atomic mass is 10.0. The fraction of sp³-hybridized carbons (Fsp3) is 0.400. The molecule has 0 aliphatic rings. The van der Waals surface area contributed by atoms with Crippen LogP contribution in [0.15, 0.2) is 18.2 Å². The number of nitrogens with two attached hydrogens (primary N) is 1. The molecular weight excluding hydrogens is 207 g/mol. The maximum absolute atomic E-state index is 13.2. The molecule has 1 unspecified atom stereocenters. The molecule has 0 radical (unpaired) electrons. The topological polar surface area (TPSA) is 46.2 Å². The molecule has 0 spiro atoms. The van der Waals surface area contributed by atoms with E-state index in [2.05, 4.69) is 0 Å². The van der Waals surface area contributed by atoms with Crippen LogP contribution in [-0.4, -0.2) is 17.6 Å². The van der Waals surface area contributed by atoms with Gasteiger partial charge in [0.25, 0.3) is 5.92 Å². The van der Waals surface area contributed by atoms with Crippen LogP contribution < -0.4 is 5.73 Å². The third kappa shape index (κ3) is 2.49. The minimum absolute atomic E-state index is 0.434. The zero-order valence-electron chi connectivity index (χ0n) is 8.17. The monoisotopic (exact) mass is 219 g/mol. The van der Waals surface area contributed by atoms with Crippen LogP contribution in [0.2, 0.25) is 0 Å². The third-order valence-electron chi connectivity index (χ3n) is 2.12. The van der Waals surface area contributed by atoms with Crippen molar-refractivity contribution in [2.45, 2.75) is 19.0 Å². The van der Waals surface area contributed by atoms with Gasteiger partial charge in [0.1, 0.15) is 11.9 Å². The van der Waals surface area contributed by atoms with Crippen molar-refractivity contribution in [2.75, 3.05) is 6.54 Å². The van der Waals surface area contributed by atoms with Crippen LogP contribution in [0.1, 0.15) is 17.2 Å². The molecule has 3 N–H and O–H groups in total. The van der Waals surface area contributed by atoms with Crippen LogP contribution >= 0.6 is 0 Å². The largest absolute Gasteiger partial charge is 0.382 e. The molecule has 1 aromatic carbocycles. The molecule has 0 amide bonds. The lowest BCUT2D eigenvalue weighted by molar-refractivity contribution is -0.104. The van der Waals surface area contributed by atoms with Crippen LogP contribution in [-0.2, 0) is 0 Å². The highest BCUT2D eigenvalue weighted by Crippen LogP contribution is 2.31. The van der Waals surface area contributed by atoms with Gasteiger partial charge in [-0.15, -0.1) is 0 Å². The Bertz CT molecular complexity index is 355. The predicted molar refractivity (Wildman–Crippen MR) is 50.1 cm³/mol. The van der Waals surface area contributed by atoms with Crippen molar-refractivity contribution < 1.29 is 18.3 Å². The molecular formula is C10H12F3NO. The Balaban J connectivity index is 3.06. The number of hydrogen-bond acceptors (Lipinski definition) is 2. The van der Waals surface area contributed by atoms with Crippen molar-refractivity contribution in [3.63, 3.8) is 0 Å². The maximum atomic E-state index is 13.2. The smallest absolute Gasteiger partial charge is 0.289 e.